The van der Waals surface area contributed by atoms with Gasteiger partial charge in [-0.15, -0.1) is 0 Å². The Labute approximate surface area is 150 Å². The first-order valence-corrected chi connectivity index (χ1v) is 9.16. The minimum absolute atomic E-state index is 0.0369. The van der Waals surface area contributed by atoms with E-state index in [1.54, 1.807) is 12.4 Å². The van der Waals surface area contributed by atoms with E-state index in [-0.39, 0.29) is 17.5 Å². The smallest absolute Gasteiger partial charge is 0.274 e. The van der Waals surface area contributed by atoms with Gasteiger partial charge in [-0.3, -0.25) is 14.5 Å². The zero-order valence-electron chi connectivity index (χ0n) is 15.7. The lowest BCUT2D eigenvalue weighted by atomic mass is 10.0. The van der Waals surface area contributed by atoms with Crippen molar-refractivity contribution in [3.8, 4) is 0 Å². The minimum atomic E-state index is -0.133. The molecular formula is C20H28N4O. The topological polar surface area (TPSA) is 51.0 Å². The van der Waals surface area contributed by atoms with E-state index in [9.17, 15) is 4.79 Å². The molecule has 0 radical (unpaired) electrons. The van der Waals surface area contributed by atoms with E-state index in [0.717, 1.165) is 37.1 Å². The number of hydrogen-bond donors (Lipinski definition) is 0. The third kappa shape index (κ3) is 3.75. The summed E-state index contributed by atoms with van der Waals surface area (Å²) in [5.41, 5.74) is 2.60. The molecule has 134 valence electrons. The van der Waals surface area contributed by atoms with Crippen LogP contribution in [0.4, 0.5) is 0 Å². The van der Waals surface area contributed by atoms with Crippen molar-refractivity contribution in [3.05, 3.63) is 47.5 Å². The first kappa shape index (κ1) is 17.6. The molecule has 1 saturated heterocycles. The molecule has 1 fully saturated rings. The number of nitrogens with zero attached hydrogens (tertiary/aromatic N) is 4. The Morgan fingerprint density at radius 3 is 2.52 bits per heavy atom. The number of amides is 1. The van der Waals surface area contributed by atoms with Gasteiger partial charge in [0.25, 0.3) is 5.91 Å². The van der Waals surface area contributed by atoms with Gasteiger partial charge in [-0.1, -0.05) is 12.8 Å². The van der Waals surface area contributed by atoms with Crippen molar-refractivity contribution in [1.82, 2.24) is 19.7 Å². The zero-order valence-corrected chi connectivity index (χ0v) is 15.7. The van der Waals surface area contributed by atoms with E-state index in [4.69, 9.17) is 0 Å². The van der Waals surface area contributed by atoms with Crippen LogP contribution < -0.4 is 0 Å². The summed E-state index contributed by atoms with van der Waals surface area (Å²) in [6, 6.07) is 6.07. The van der Waals surface area contributed by atoms with Crippen molar-refractivity contribution in [2.45, 2.75) is 65.0 Å². The first-order valence-electron chi connectivity index (χ1n) is 9.16. The second-order valence-corrected chi connectivity index (χ2v) is 7.90. The Morgan fingerprint density at radius 1 is 1.16 bits per heavy atom. The van der Waals surface area contributed by atoms with Crippen molar-refractivity contribution in [3.63, 3.8) is 0 Å². The van der Waals surface area contributed by atoms with Crippen LogP contribution in [0.3, 0.4) is 0 Å². The Hall–Kier alpha value is -2.17. The van der Waals surface area contributed by atoms with Crippen molar-refractivity contribution in [2.24, 2.45) is 0 Å². The molecule has 1 atom stereocenters. The average molecular weight is 340 g/mol. The molecule has 0 unspecified atom stereocenters. The monoisotopic (exact) mass is 340 g/mol. The molecule has 5 heteroatoms. The number of aryl methyl sites for hydroxylation is 1. The maximum absolute atomic E-state index is 13.3. The Kier molecular flexibility index (Phi) is 4.93. The highest BCUT2D eigenvalue weighted by atomic mass is 16.2. The van der Waals surface area contributed by atoms with E-state index in [1.165, 1.54) is 6.42 Å². The lowest BCUT2D eigenvalue weighted by molar-refractivity contribution is 0.0673. The number of carbonyl (C=O) groups excluding carboxylic acids is 1. The van der Waals surface area contributed by atoms with Gasteiger partial charge in [0, 0.05) is 24.6 Å². The summed E-state index contributed by atoms with van der Waals surface area (Å²) in [6.45, 7) is 9.11. The van der Waals surface area contributed by atoms with Gasteiger partial charge < -0.3 is 4.90 Å². The molecule has 1 aliphatic heterocycles. The highest BCUT2D eigenvalue weighted by molar-refractivity contribution is 5.92. The fraction of sp³-hybridized carbons (Fsp3) is 0.550. The standard InChI is InChI=1S/C20H28N4O/c1-15-14-17(22-24(15)20(2,3)4)19(25)23-13-7-5-6-8-18(23)16-9-11-21-12-10-16/h9-12,14,18H,5-8,13H2,1-4H3/t18-/m1/s1. The summed E-state index contributed by atoms with van der Waals surface area (Å²) in [5, 5.41) is 4.63. The molecule has 3 heterocycles. The Bertz CT molecular complexity index is 730. The van der Waals surface area contributed by atoms with E-state index in [1.807, 2.05) is 34.7 Å². The van der Waals surface area contributed by atoms with Gasteiger partial charge in [0.05, 0.1) is 11.6 Å². The largest absolute Gasteiger partial charge is 0.330 e. The van der Waals surface area contributed by atoms with Crippen molar-refractivity contribution >= 4 is 5.91 Å². The molecule has 2 aromatic rings. The molecule has 2 aromatic heterocycles. The summed E-state index contributed by atoms with van der Waals surface area (Å²) in [7, 11) is 0. The quantitative estimate of drug-likeness (QED) is 0.827. The summed E-state index contributed by atoms with van der Waals surface area (Å²) in [4.78, 5) is 19.4. The molecule has 1 amide bonds. The predicted molar refractivity (Wildman–Crippen MR) is 98.4 cm³/mol. The molecule has 0 spiro atoms. The molecule has 0 saturated carbocycles. The Morgan fingerprint density at radius 2 is 1.88 bits per heavy atom. The highest BCUT2D eigenvalue weighted by Gasteiger charge is 2.30. The Balaban J connectivity index is 1.93. The highest BCUT2D eigenvalue weighted by Crippen LogP contribution is 2.31. The van der Waals surface area contributed by atoms with Crippen LogP contribution in [0.5, 0.6) is 0 Å². The van der Waals surface area contributed by atoms with Crippen LogP contribution in [0.25, 0.3) is 0 Å². The average Bonchev–Trinajstić information content (AvgIpc) is 2.82. The van der Waals surface area contributed by atoms with E-state index >= 15 is 0 Å². The van der Waals surface area contributed by atoms with Crippen LogP contribution in [0.2, 0.25) is 0 Å². The van der Waals surface area contributed by atoms with Gasteiger partial charge in [0.1, 0.15) is 0 Å². The van der Waals surface area contributed by atoms with Crippen LogP contribution in [0.15, 0.2) is 30.6 Å². The fourth-order valence-corrected chi connectivity index (χ4v) is 3.69. The molecule has 25 heavy (non-hydrogen) atoms. The van der Waals surface area contributed by atoms with Crippen molar-refractivity contribution < 1.29 is 4.79 Å². The van der Waals surface area contributed by atoms with Gasteiger partial charge in [0.2, 0.25) is 0 Å². The van der Waals surface area contributed by atoms with E-state index in [2.05, 4.69) is 30.9 Å². The lowest BCUT2D eigenvalue weighted by Crippen LogP contribution is -2.35. The van der Waals surface area contributed by atoms with Crippen LogP contribution in [0, 0.1) is 6.92 Å². The number of hydrogen-bond acceptors (Lipinski definition) is 3. The molecule has 0 N–H and O–H groups in total. The number of rotatable bonds is 2. The third-order valence-corrected chi connectivity index (χ3v) is 4.85. The van der Waals surface area contributed by atoms with Gasteiger partial charge in [-0.2, -0.15) is 5.10 Å². The second-order valence-electron chi connectivity index (χ2n) is 7.90. The molecule has 3 rings (SSSR count). The lowest BCUT2D eigenvalue weighted by Gasteiger charge is -2.30. The molecule has 5 nitrogen and oxygen atoms in total. The normalized spacial score (nSPS) is 18.9. The first-order chi connectivity index (χ1) is 11.9. The van der Waals surface area contributed by atoms with Gasteiger partial charge in [-0.05, 0) is 64.3 Å². The summed E-state index contributed by atoms with van der Waals surface area (Å²) in [5.74, 6) is 0.0369. The van der Waals surface area contributed by atoms with Crippen LogP contribution in [0.1, 0.15) is 74.2 Å². The SMILES string of the molecule is Cc1cc(C(=O)N2CCCCC[C@@H]2c2ccncc2)nn1C(C)(C)C. The van der Waals surface area contributed by atoms with Crippen molar-refractivity contribution in [1.29, 1.82) is 0 Å². The number of carbonyl (C=O) groups is 1. The van der Waals surface area contributed by atoms with Crippen LogP contribution in [-0.4, -0.2) is 32.1 Å². The molecular weight excluding hydrogens is 312 g/mol. The molecule has 0 bridgehead atoms. The van der Waals surface area contributed by atoms with Crippen LogP contribution in [-0.2, 0) is 5.54 Å². The van der Waals surface area contributed by atoms with Crippen LogP contribution >= 0.6 is 0 Å². The molecule has 0 aliphatic carbocycles. The van der Waals surface area contributed by atoms with Crippen molar-refractivity contribution in [2.75, 3.05) is 6.54 Å². The zero-order chi connectivity index (χ0) is 18.0. The van der Waals surface area contributed by atoms with Gasteiger partial charge in [-0.25, -0.2) is 0 Å². The number of aromatic nitrogens is 3. The number of likely N-dealkylation sites (tertiary alicyclic amines) is 1. The summed E-state index contributed by atoms with van der Waals surface area (Å²) < 4.78 is 1.94. The van der Waals surface area contributed by atoms with E-state index in [0.29, 0.717) is 5.69 Å². The minimum Gasteiger partial charge on any atom is -0.330 e. The summed E-state index contributed by atoms with van der Waals surface area (Å²) in [6.07, 6.45) is 7.97. The molecule has 0 aromatic carbocycles. The summed E-state index contributed by atoms with van der Waals surface area (Å²) >= 11 is 0. The molecule has 1 aliphatic rings. The maximum atomic E-state index is 13.3. The maximum Gasteiger partial charge on any atom is 0.274 e. The predicted octanol–water partition coefficient (Wildman–Crippen LogP) is 4.10. The second kappa shape index (κ2) is 6.98. The number of pyridine rings is 1. The fourth-order valence-electron chi connectivity index (χ4n) is 3.69. The van der Waals surface area contributed by atoms with Gasteiger partial charge >= 0.3 is 0 Å². The van der Waals surface area contributed by atoms with E-state index < -0.39 is 0 Å². The van der Waals surface area contributed by atoms with Gasteiger partial charge in [0.15, 0.2) is 5.69 Å². The third-order valence-electron chi connectivity index (χ3n) is 4.85.